The zero-order valence-electron chi connectivity index (χ0n) is 11.2. The lowest BCUT2D eigenvalue weighted by molar-refractivity contribution is -0.228. The fourth-order valence-corrected chi connectivity index (χ4v) is 4.13. The van der Waals surface area contributed by atoms with Gasteiger partial charge in [0.25, 0.3) is 0 Å². The SMILES string of the molecule is O=C(O)C1(C(F)(F)F)CCN(C2CCN3CCCC23)C1. The van der Waals surface area contributed by atoms with Gasteiger partial charge < -0.3 is 5.11 Å². The fourth-order valence-electron chi connectivity index (χ4n) is 4.13. The summed E-state index contributed by atoms with van der Waals surface area (Å²) in [5, 5.41) is 9.09. The predicted molar refractivity (Wildman–Crippen MR) is 65.3 cm³/mol. The van der Waals surface area contributed by atoms with E-state index in [4.69, 9.17) is 5.11 Å². The summed E-state index contributed by atoms with van der Waals surface area (Å²) in [6.07, 6.45) is -2.03. The highest BCUT2D eigenvalue weighted by molar-refractivity contribution is 5.76. The van der Waals surface area contributed by atoms with E-state index in [-0.39, 0.29) is 25.6 Å². The van der Waals surface area contributed by atoms with Crippen LogP contribution in [0.1, 0.15) is 25.7 Å². The van der Waals surface area contributed by atoms with Crippen molar-refractivity contribution >= 4 is 5.97 Å². The van der Waals surface area contributed by atoms with E-state index < -0.39 is 17.6 Å². The number of alkyl halides is 3. The summed E-state index contributed by atoms with van der Waals surface area (Å²) in [6, 6.07) is 0.425. The second kappa shape index (κ2) is 4.59. The highest BCUT2D eigenvalue weighted by atomic mass is 19.4. The summed E-state index contributed by atoms with van der Waals surface area (Å²) < 4.78 is 39.5. The van der Waals surface area contributed by atoms with Gasteiger partial charge in [0.05, 0.1) is 0 Å². The van der Waals surface area contributed by atoms with Crippen LogP contribution in [0.5, 0.6) is 0 Å². The maximum Gasteiger partial charge on any atom is 0.406 e. The Kier molecular flexibility index (Phi) is 3.25. The summed E-state index contributed by atoms with van der Waals surface area (Å²) in [5.41, 5.74) is -2.57. The van der Waals surface area contributed by atoms with E-state index in [2.05, 4.69) is 4.90 Å². The average molecular weight is 292 g/mol. The van der Waals surface area contributed by atoms with Crippen molar-refractivity contribution in [3.05, 3.63) is 0 Å². The van der Waals surface area contributed by atoms with E-state index >= 15 is 0 Å². The van der Waals surface area contributed by atoms with Crippen molar-refractivity contribution in [3.63, 3.8) is 0 Å². The molecule has 0 aromatic carbocycles. The largest absolute Gasteiger partial charge is 0.481 e. The molecular formula is C13H19F3N2O2. The Morgan fingerprint density at radius 1 is 1.10 bits per heavy atom. The van der Waals surface area contributed by atoms with Crippen LogP contribution in [0.25, 0.3) is 0 Å². The summed E-state index contributed by atoms with van der Waals surface area (Å²) in [4.78, 5) is 15.3. The number of likely N-dealkylation sites (tertiary alicyclic amines) is 1. The predicted octanol–water partition coefficient (Wildman–Crippen LogP) is 1.56. The van der Waals surface area contributed by atoms with Gasteiger partial charge in [0, 0.05) is 31.7 Å². The number of carboxylic acid groups (broad SMARTS) is 1. The minimum Gasteiger partial charge on any atom is -0.481 e. The van der Waals surface area contributed by atoms with Crippen molar-refractivity contribution in [2.24, 2.45) is 5.41 Å². The maximum atomic E-state index is 13.2. The number of rotatable bonds is 2. The van der Waals surface area contributed by atoms with Gasteiger partial charge in [-0.3, -0.25) is 14.6 Å². The molecule has 3 aliphatic rings. The van der Waals surface area contributed by atoms with Gasteiger partial charge in [0.1, 0.15) is 0 Å². The molecule has 0 aromatic heterocycles. The Morgan fingerprint density at radius 3 is 2.40 bits per heavy atom. The molecule has 0 amide bonds. The van der Waals surface area contributed by atoms with Crippen LogP contribution in [0, 0.1) is 5.41 Å². The number of hydrogen-bond acceptors (Lipinski definition) is 3. The van der Waals surface area contributed by atoms with Gasteiger partial charge in [-0.15, -0.1) is 0 Å². The fraction of sp³-hybridized carbons (Fsp3) is 0.923. The molecule has 3 atom stereocenters. The standard InChI is InChI=1S/C13H19F3N2O2/c14-13(15,16)12(11(19)20)4-7-18(8-12)10-3-6-17-5-1-2-9(10)17/h9-10H,1-8H2,(H,19,20). The third-order valence-electron chi connectivity index (χ3n) is 5.29. The Bertz CT molecular complexity index is 415. The van der Waals surface area contributed by atoms with Crippen LogP contribution in [0.3, 0.4) is 0 Å². The molecule has 114 valence electrons. The summed E-state index contributed by atoms with van der Waals surface area (Å²) >= 11 is 0. The van der Waals surface area contributed by atoms with Gasteiger partial charge in [-0.2, -0.15) is 13.2 Å². The molecule has 3 aliphatic heterocycles. The molecule has 0 radical (unpaired) electrons. The molecule has 0 aliphatic carbocycles. The van der Waals surface area contributed by atoms with Crippen LogP contribution in [-0.4, -0.2) is 65.3 Å². The van der Waals surface area contributed by atoms with E-state index in [0.717, 1.165) is 32.4 Å². The average Bonchev–Trinajstić information content (AvgIpc) is 3.02. The molecular weight excluding hydrogens is 273 g/mol. The van der Waals surface area contributed by atoms with E-state index in [9.17, 15) is 18.0 Å². The highest BCUT2D eigenvalue weighted by Crippen LogP contribution is 2.47. The summed E-state index contributed by atoms with van der Waals surface area (Å²) in [7, 11) is 0. The van der Waals surface area contributed by atoms with E-state index in [0.29, 0.717) is 6.04 Å². The molecule has 1 N–H and O–H groups in total. The molecule has 3 rings (SSSR count). The Morgan fingerprint density at radius 2 is 1.80 bits per heavy atom. The Labute approximate surface area is 115 Å². The first-order valence-electron chi connectivity index (χ1n) is 7.13. The van der Waals surface area contributed by atoms with Crippen molar-refractivity contribution in [1.29, 1.82) is 0 Å². The van der Waals surface area contributed by atoms with Gasteiger partial charge in [-0.05, 0) is 32.2 Å². The van der Waals surface area contributed by atoms with Crippen LogP contribution in [0.4, 0.5) is 13.2 Å². The number of carbonyl (C=O) groups is 1. The van der Waals surface area contributed by atoms with E-state index in [1.807, 2.05) is 0 Å². The second-order valence-electron chi connectivity index (χ2n) is 6.21. The molecule has 7 heteroatoms. The Balaban J connectivity index is 1.77. The lowest BCUT2D eigenvalue weighted by Gasteiger charge is -2.32. The van der Waals surface area contributed by atoms with Crippen molar-refractivity contribution in [2.45, 2.75) is 43.9 Å². The van der Waals surface area contributed by atoms with Gasteiger partial charge in [-0.25, -0.2) is 0 Å². The van der Waals surface area contributed by atoms with E-state index in [1.165, 1.54) is 0 Å². The van der Waals surface area contributed by atoms with Crippen molar-refractivity contribution < 1.29 is 23.1 Å². The van der Waals surface area contributed by atoms with Crippen LogP contribution in [-0.2, 0) is 4.79 Å². The first-order chi connectivity index (χ1) is 9.35. The van der Waals surface area contributed by atoms with Crippen LogP contribution < -0.4 is 0 Å². The van der Waals surface area contributed by atoms with Gasteiger partial charge in [-0.1, -0.05) is 0 Å². The maximum absolute atomic E-state index is 13.2. The monoisotopic (exact) mass is 292 g/mol. The quantitative estimate of drug-likeness (QED) is 0.839. The third kappa shape index (κ3) is 1.94. The molecule has 20 heavy (non-hydrogen) atoms. The second-order valence-corrected chi connectivity index (χ2v) is 6.21. The first-order valence-corrected chi connectivity index (χ1v) is 7.13. The molecule has 0 bridgehead atoms. The summed E-state index contributed by atoms with van der Waals surface area (Å²) in [5.74, 6) is -1.73. The van der Waals surface area contributed by atoms with Crippen LogP contribution >= 0.6 is 0 Å². The molecule has 3 saturated heterocycles. The summed E-state index contributed by atoms with van der Waals surface area (Å²) in [6.45, 7) is 1.80. The lowest BCUT2D eigenvalue weighted by Crippen LogP contribution is -2.49. The number of aliphatic carboxylic acids is 1. The zero-order chi connectivity index (χ0) is 14.5. The zero-order valence-corrected chi connectivity index (χ0v) is 11.2. The van der Waals surface area contributed by atoms with Gasteiger partial charge >= 0.3 is 12.1 Å². The normalized spacial score (nSPS) is 39.4. The molecule has 3 unspecified atom stereocenters. The minimum absolute atomic E-state index is 0.0982. The van der Waals surface area contributed by atoms with Crippen LogP contribution in [0.15, 0.2) is 0 Å². The molecule has 0 saturated carbocycles. The van der Waals surface area contributed by atoms with Crippen molar-refractivity contribution in [2.75, 3.05) is 26.2 Å². The highest BCUT2D eigenvalue weighted by Gasteiger charge is 2.64. The molecule has 0 spiro atoms. The number of fused-ring (bicyclic) bond motifs is 1. The smallest absolute Gasteiger partial charge is 0.406 e. The lowest BCUT2D eigenvalue weighted by atomic mass is 9.86. The van der Waals surface area contributed by atoms with Gasteiger partial charge in [0.2, 0.25) is 0 Å². The third-order valence-corrected chi connectivity index (χ3v) is 5.29. The van der Waals surface area contributed by atoms with Crippen molar-refractivity contribution in [1.82, 2.24) is 9.80 Å². The molecule has 4 nitrogen and oxygen atoms in total. The number of carboxylic acids is 1. The topological polar surface area (TPSA) is 43.8 Å². The minimum atomic E-state index is -4.68. The molecule has 3 heterocycles. The van der Waals surface area contributed by atoms with E-state index in [1.54, 1.807) is 4.90 Å². The number of hydrogen-bond donors (Lipinski definition) is 1. The number of nitrogens with zero attached hydrogens (tertiary/aromatic N) is 2. The van der Waals surface area contributed by atoms with Crippen LogP contribution in [0.2, 0.25) is 0 Å². The van der Waals surface area contributed by atoms with Crippen molar-refractivity contribution in [3.8, 4) is 0 Å². The first kappa shape index (κ1) is 14.1. The van der Waals surface area contributed by atoms with Gasteiger partial charge in [0.15, 0.2) is 5.41 Å². The number of halogens is 3. The molecule has 0 aromatic rings. The Hall–Kier alpha value is -0.820. The molecule has 3 fully saturated rings.